The van der Waals surface area contributed by atoms with Crippen molar-refractivity contribution < 1.29 is 27.8 Å². The maximum atomic E-state index is 12.7. The van der Waals surface area contributed by atoms with E-state index in [1.54, 1.807) is 18.2 Å². The van der Waals surface area contributed by atoms with E-state index in [4.69, 9.17) is 10.00 Å². The van der Waals surface area contributed by atoms with Crippen molar-refractivity contribution in [3.63, 3.8) is 0 Å². The van der Waals surface area contributed by atoms with E-state index < -0.39 is 48.4 Å². The number of nitrogens with one attached hydrogen (secondary N) is 1. The Bertz CT molecular complexity index is 1230. The summed E-state index contributed by atoms with van der Waals surface area (Å²) in [4.78, 5) is 36.3. The Hall–Kier alpha value is -3.82. The second kappa shape index (κ2) is 12.9. The van der Waals surface area contributed by atoms with Gasteiger partial charge in [0, 0.05) is 19.5 Å². The van der Waals surface area contributed by atoms with Gasteiger partial charge >= 0.3 is 11.9 Å². The summed E-state index contributed by atoms with van der Waals surface area (Å²) in [6.45, 7) is 2.56. The van der Waals surface area contributed by atoms with Crippen molar-refractivity contribution in [1.82, 2.24) is 14.3 Å². The van der Waals surface area contributed by atoms with Crippen LogP contribution in [0.25, 0.3) is 0 Å². The highest BCUT2D eigenvalue weighted by Gasteiger charge is 2.26. The number of carbonyl (C=O) groups excluding carboxylic acids is 1. The number of nitriles is 1. The topological polar surface area (TPSA) is 142 Å². The molecule has 0 fully saturated rings. The number of aryl methyl sites for hydroxylation is 2. The number of ether oxygens (including phenoxy) is 1. The van der Waals surface area contributed by atoms with Gasteiger partial charge in [-0.3, -0.25) is 9.36 Å². The van der Waals surface area contributed by atoms with Crippen LogP contribution in [0.3, 0.4) is 0 Å². The third kappa shape index (κ3) is 9.29. The molecule has 2 aromatic rings. The molecule has 10 nitrogen and oxygen atoms in total. The number of nitrogens with zero attached hydrogens (tertiary/aromatic N) is 4. The predicted octanol–water partition coefficient (Wildman–Crippen LogP) is 2.00. The number of carboxylic acids is 1. The van der Waals surface area contributed by atoms with Crippen molar-refractivity contribution in [3.8, 4) is 11.8 Å². The summed E-state index contributed by atoms with van der Waals surface area (Å²) in [6.07, 6.45) is -4.16. The molecule has 1 heterocycles. The van der Waals surface area contributed by atoms with E-state index in [9.17, 15) is 32.7 Å². The van der Waals surface area contributed by atoms with Crippen LogP contribution in [0, 0.1) is 11.3 Å². The van der Waals surface area contributed by atoms with Crippen molar-refractivity contribution in [1.29, 1.82) is 5.26 Å². The molecule has 0 spiro atoms. The Balaban J connectivity index is 2.01. The number of alkyl halides is 3. The van der Waals surface area contributed by atoms with Crippen LogP contribution in [0.1, 0.15) is 51.5 Å². The average Bonchev–Trinajstić information content (AvgIpc) is 2.80. The highest BCUT2D eigenvalue weighted by Crippen LogP contribution is 2.22. The Kier molecular flexibility index (Phi) is 10.3. The molecule has 0 amide bonds. The van der Waals surface area contributed by atoms with E-state index in [1.165, 1.54) is 13.8 Å². The lowest BCUT2D eigenvalue weighted by Gasteiger charge is -2.27. The van der Waals surface area contributed by atoms with Crippen molar-refractivity contribution >= 4 is 11.8 Å². The largest absolute Gasteiger partial charge is 0.546 e. The normalized spacial score (nSPS) is 11.7. The van der Waals surface area contributed by atoms with Gasteiger partial charge in [-0.05, 0) is 57.2 Å². The van der Waals surface area contributed by atoms with E-state index in [0.717, 1.165) is 10.2 Å². The summed E-state index contributed by atoms with van der Waals surface area (Å²) in [5.41, 5.74) is -2.27. The molecule has 0 aliphatic rings. The number of halogens is 3. The number of hydrogen-bond acceptors (Lipinski definition) is 8. The molecule has 202 valence electrons. The zero-order chi connectivity index (χ0) is 27.6. The fourth-order valence-electron chi connectivity index (χ4n) is 3.37. The molecule has 0 saturated heterocycles. The van der Waals surface area contributed by atoms with Crippen molar-refractivity contribution in [3.05, 3.63) is 50.7 Å². The quantitative estimate of drug-likeness (QED) is 0.370. The number of unbranched alkanes of at least 4 members (excludes halogenated alkanes) is 1. The fourth-order valence-corrected chi connectivity index (χ4v) is 3.37. The molecule has 1 aromatic heterocycles. The molecule has 0 aliphatic heterocycles. The third-order valence-corrected chi connectivity index (χ3v) is 5.35. The van der Waals surface area contributed by atoms with Crippen molar-refractivity contribution in [2.75, 3.05) is 11.9 Å². The molecular formula is C24H29F3N5O5-. The molecule has 0 atom stereocenters. The van der Waals surface area contributed by atoms with Crippen LogP contribution in [-0.4, -0.2) is 38.6 Å². The van der Waals surface area contributed by atoms with E-state index >= 15 is 0 Å². The Morgan fingerprint density at radius 1 is 1.19 bits per heavy atom. The van der Waals surface area contributed by atoms with Gasteiger partial charge in [-0.2, -0.15) is 18.4 Å². The summed E-state index contributed by atoms with van der Waals surface area (Å²) in [6, 6.07) is 8.83. The Morgan fingerprint density at radius 3 is 2.57 bits per heavy atom. The third-order valence-electron chi connectivity index (χ3n) is 5.35. The van der Waals surface area contributed by atoms with Crippen molar-refractivity contribution in [2.24, 2.45) is 0 Å². The molecule has 2 rings (SSSR count). The highest BCUT2D eigenvalue weighted by atomic mass is 19.4. The molecule has 1 aromatic carbocycles. The molecule has 37 heavy (non-hydrogen) atoms. The van der Waals surface area contributed by atoms with Crippen molar-refractivity contribution in [2.45, 2.75) is 77.2 Å². The number of carboxylic acid groups (broad SMARTS) is 1. The van der Waals surface area contributed by atoms with Gasteiger partial charge in [-0.1, -0.05) is 12.1 Å². The van der Waals surface area contributed by atoms with Gasteiger partial charge < -0.3 is 20.0 Å². The first-order valence-electron chi connectivity index (χ1n) is 11.7. The first-order chi connectivity index (χ1) is 17.3. The van der Waals surface area contributed by atoms with Gasteiger partial charge in [0.15, 0.2) is 0 Å². The number of benzene rings is 1. The molecule has 0 aliphatic carbocycles. The molecule has 1 N–H and O–H groups in total. The lowest BCUT2D eigenvalue weighted by Crippen LogP contribution is -2.47. The number of hydrogen-bond donors (Lipinski definition) is 1. The summed E-state index contributed by atoms with van der Waals surface area (Å²) in [7, 11) is 0. The molecular weight excluding hydrogens is 495 g/mol. The Morgan fingerprint density at radius 2 is 1.92 bits per heavy atom. The fraction of sp³-hybridized carbons (Fsp3) is 0.542. The van der Waals surface area contributed by atoms with Gasteiger partial charge in [-0.15, -0.1) is 5.10 Å². The lowest BCUT2D eigenvalue weighted by atomic mass is 10.1. The second-order valence-corrected chi connectivity index (χ2v) is 8.87. The van der Waals surface area contributed by atoms with Crippen LogP contribution >= 0.6 is 0 Å². The van der Waals surface area contributed by atoms with Crippen LogP contribution in [0.4, 0.5) is 19.0 Å². The van der Waals surface area contributed by atoms with Gasteiger partial charge in [0.2, 0.25) is 5.82 Å². The highest BCUT2D eigenvalue weighted by molar-refractivity contribution is 5.74. The number of rotatable bonds is 14. The molecule has 0 saturated carbocycles. The monoisotopic (exact) mass is 524 g/mol. The lowest BCUT2D eigenvalue weighted by molar-refractivity contribution is -0.320. The SMILES string of the molecule is CC(C)(Oc1cccc(CCCCNc2nn(CCC#N)c(=O)n(CCCC(F)(F)F)c2=O)c1)C(=O)[O-]. The summed E-state index contributed by atoms with van der Waals surface area (Å²) in [5.74, 6) is -1.12. The maximum Gasteiger partial charge on any atom is 0.389 e. The van der Waals surface area contributed by atoms with Crippen LogP contribution in [0.5, 0.6) is 5.75 Å². The van der Waals surface area contributed by atoms with E-state index in [0.29, 0.717) is 36.1 Å². The first-order valence-corrected chi connectivity index (χ1v) is 11.7. The molecule has 0 bridgehead atoms. The van der Waals surface area contributed by atoms with Gasteiger partial charge in [0.1, 0.15) is 11.4 Å². The van der Waals surface area contributed by atoms with Crippen LogP contribution in [0.2, 0.25) is 0 Å². The minimum atomic E-state index is -4.41. The summed E-state index contributed by atoms with van der Waals surface area (Å²) < 4.78 is 44.6. The van der Waals surface area contributed by atoms with Crippen LogP contribution in [0.15, 0.2) is 33.9 Å². The van der Waals surface area contributed by atoms with Gasteiger partial charge in [0.05, 0.1) is 25.0 Å². The molecule has 0 radical (unpaired) electrons. The average molecular weight is 525 g/mol. The smallest absolute Gasteiger partial charge is 0.389 e. The van der Waals surface area contributed by atoms with E-state index in [1.807, 2.05) is 12.1 Å². The van der Waals surface area contributed by atoms with Crippen LogP contribution < -0.4 is 26.4 Å². The maximum absolute atomic E-state index is 12.7. The van der Waals surface area contributed by atoms with E-state index in [-0.39, 0.29) is 18.8 Å². The first kappa shape index (κ1) is 29.4. The number of anilines is 1. The number of carbonyl (C=O) groups is 1. The number of aromatic nitrogens is 3. The summed E-state index contributed by atoms with van der Waals surface area (Å²) >= 11 is 0. The zero-order valence-corrected chi connectivity index (χ0v) is 20.6. The minimum Gasteiger partial charge on any atom is -0.546 e. The summed E-state index contributed by atoms with van der Waals surface area (Å²) in [5, 5.41) is 26.7. The van der Waals surface area contributed by atoms with Gasteiger partial charge in [0.25, 0.3) is 5.56 Å². The second-order valence-electron chi connectivity index (χ2n) is 8.87. The Labute approximate surface area is 211 Å². The minimum absolute atomic E-state index is 0.0595. The standard InChI is InChI=1S/C24H30F3N5O5/c1-23(2,21(34)35)37-18-10-5-9-17(16-18)8-3-4-13-29-19-20(33)31(14-6-11-24(25,26)27)22(36)32(30-19)15-7-12-28/h5,9-10,16H,3-4,6-8,11,13-15H2,1-2H3,(H,29,30)(H,34,35)/p-1. The predicted molar refractivity (Wildman–Crippen MR) is 126 cm³/mol. The van der Waals surface area contributed by atoms with Gasteiger partial charge in [-0.25, -0.2) is 9.48 Å². The molecule has 0 unspecified atom stereocenters. The number of aliphatic carboxylic acids is 1. The van der Waals surface area contributed by atoms with Crippen LogP contribution in [-0.2, 0) is 24.3 Å². The molecule has 13 heteroatoms. The zero-order valence-electron chi connectivity index (χ0n) is 20.6. The van der Waals surface area contributed by atoms with E-state index in [2.05, 4.69) is 10.4 Å².